The van der Waals surface area contributed by atoms with Crippen LogP contribution in [-0.4, -0.2) is 88.6 Å². The number of sulfonamides is 1. The summed E-state index contributed by atoms with van der Waals surface area (Å²) in [5.41, 5.74) is 1.14. The molecule has 0 atom stereocenters. The van der Waals surface area contributed by atoms with Crippen LogP contribution in [0.5, 0.6) is 5.75 Å². The van der Waals surface area contributed by atoms with Gasteiger partial charge in [-0.05, 0) is 49.7 Å². The van der Waals surface area contributed by atoms with E-state index >= 15 is 0 Å². The Bertz CT molecular complexity index is 1290. The Morgan fingerprint density at radius 1 is 1.14 bits per heavy atom. The van der Waals surface area contributed by atoms with Crippen molar-refractivity contribution in [2.24, 2.45) is 0 Å². The van der Waals surface area contributed by atoms with Gasteiger partial charge in [0, 0.05) is 45.8 Å². The number of fused-ring (bicyclic) bond motifs is 1. The molecule has 0 unspecified atom stereocenters. The number of para-hydroxylation sites is 1. The molecule has 9 nitrogen and oxygen atoms in total. The van der Waals surface area contributed by atoms with Crippen molar-refractivity contribution in [3.05, 3.63) is 48.0 Å². The maximum Gasteiger partial charge on any atom is 0.260 e. The maximum absolute atomic E-state index is 13.7. The Morgan fingerprint density at radius 3 is 2.53 bits per heavy atom. The Morgan fingerprint density at radius 2 is 1.86 bits per heavy atom. The molecule has 1 aromatic heterocycles. The summed E-state index contributed by atoms with van der Waals surface area (Å²) in [6, 6.07) is 11.8. The molecule has 1 aliphatic rings. The molecule has 0 radical (unpaired) electrons. The minimum absolute atomic E-state index is 0.143. The summed E-state index contributed by atoms with van der Waals surface area (Å²) in [4.78, 5) is 22.6. The molecule has 0 N–H and O–H groups in total. The third-order valence-electron chi connectivity index (χ3n) is 5.99. The fourth-order valence-corrected chi connectivity index (χ4v) is 5.91. The molecule has 1 saturated heterocycles. The van der Waals surface area contributed by atoms with Crippen LogP contribution in [0.2, 0.25) is 0 Å². The first-order valence-corrected chi connectivity index (χ1v) is 14.2. The molecule has 1 aliphatic heterocycles. The molecule has 4 rings (SSSR count). The SMILES string of the molecule is CCOc1cccc2sc(N(CCCN3CCOCC3)C(=O)c3ccc(S(=O)(=O)N(C)C)cc3)nc12. The smallest absolute Gasteiger partial charge is 0.260 e. The number of thiazole rings is 1. The highest BCUT2D eigenvalue weighted by Crippen LogP contribution is 2.35. The summed E-state index contributed by atoms with van der Waals surface area (Å²) in [7, 11) is -0.617. The fraction of sp³-hybridized carbons (Fsp3) is 0.440. The molecule has 0 saturated carbocycles. The molecule has 36 heavy (non-hydrogen) atoms. The van der Waals surface area contributed by atoms with E-state index < -0.39 is 10.0 Å². The van der Waals surface area contributed by atoms with Gasteiger partial charge in [-0.15, -0.1) is 0 Å². The minimum atomic E-state index is -3.58. The van der Waals surface area contributed by atoms with E-state index in [0.29, 0.717) is 29.6 Å². The van der Waals surface area contributed by atoms with Gasteiger partial charge < -0.3 is 9.47 Å². The normalized spacial score (nSPS) is 14.9. The summed E-state index contributed by atoms with van der Waals surface area (Å²) in [5.74, 6) is 0.472. The van der Waals surface area contributed by atoms with Crippen molar-refractivity contribution in [3.63, 3.8) is 0 Å². The molecule has 1 amide bonds. The van der Waals surface area contributed by atoms with Gasteiger partial charge in [0.25, 0.3) is 5.91 Å². The number of rotatable bonds is 10. The Labute approximate surface area is 216 Å². The van der Waals surface area contributed by atoms with Crippen LogP contribution in [0.3, 0.4) is 0 Å². The molecule has 0 aliphatic carbocycles. The van der Waals surface area contributed by atoms with Gasteiger partial charge >= 0.3 is 0 Å². The van der Waals surface area contributed by atoms with E-state index in [9.17, 15) is 13.2 Å². The van der Waals surface area contributed by atoms with Crippen LogP contribution in [0.1, 0.15) is 23.7 Å². The van der Waals surface area contributed by atoms with Crippen molar-refractivity contribution in [1.29, 1.82) is 0 Å². The van der Waals surface area contributed by atoms with E-state index in [1.807, 2.05) is 25.1 Å². The lowest BCUT2D eigenvalue weighted by molar-refractivity contribution is 0.0376. The first-order chi connectivity index (χ1) is 17.3. The zero-order valence-corrected chi connectivity index (χ0v) is 22.5. The van der Waals surface area contributed by atoms with E-state index in [4.69, 9.17) is 14.5 Å². The number of morpholine rings is 1. The van der Waals surface area contributed by atoms with Crippen LogP contribution in [-0.2, 0) is 14.8 Å². The highest BCUT2D eigenvalue weighted by atomic mass is 32.2. The van der Waals surface area contributed by atoms with Gasteiger partial charge in [-0.2, -0.15) is 0 Å². The van der Waals surface area contributed by atoms with E-state index in [-0.39, 0.29) is 10.8 Å². The average molecular weight is 533 g/mol. The van der Waals surface area contributed by atoms with Crippen molar-refractivity contribution in [3.8, 4) is 5.75 Å². The number of amides is 1. The molecular formula is C25H32N4O5S2. The van der Waals surface area contributed by atoms with Gasteiger partial charge in [0.05, 0.1) is 29.4 Å². The monoisotopic (exact) mass is 532 g/mol. The highest BCUT2D eigenvalue weighted by Gasteiger charge is 2.24. The number of benzene rings is 2. The molecule has 11 heteroatoms. The van der Waals surface area contributed by atoms with Crippen molar-refractivity contribution in [1.82, 2.24) is 14.2 Å². The first-order valence-electron chi connectivity index (χ1n) is 12.0. The van der Waals surface area contributed by atoms with Gasteiger partial charge in [-0.3, -0.25) is 14.6 Å². The number of hydrogen-bond donors (Lipinski definition) is 0. The topological polar surface area (TPSA) is 92.3 Å². The van der Waals surface area contributed by atoms with Crippen molar-refractivity contribution in [2.75, 3.05) is 65.0 Å². The number of ether oxygens (including phenoxy) is 2. The zero-order valence-electron chi connectivity index (χ0n) is 20.8. The molecule has 0 spiro atoms. The van der Waals surface area contributed by atoms with Crippen LogP contribution in [0, 0.1) is 0 Å². The van der Waals surface area contributed by atoms with E-state index in [1.54, 1.807) is 17.0 Å². The summed E-state index contributed by atoms with van der Waals surface area (Å²) in [6.45, 7) is 7.00. The Kier molecular flexibility index (Phi) is 8.58. The average Bonchev–Trinajstić information content (AvgIpc) is 3.32. The predicted molar refractivity (Wildman–Crippen MR) is 142 cm³/mol. The molecule has 3 aromatic rings. The second-order valence-electron chi connectivity index (χ2n) is 8.61. The van der Waals surface area contributed by atoms with Crippen LogP contribution in [0.15, 0.2) is 47.4 Å². The number of carbonyl (C=O) groups excluding carboxylic acids is 1. The van der Waals surface area contributed by atoms with E-state index in [2.05, 4.69) is 4.90 Å². The lowest BCUT2D eigenvalue weighted by Crippen LogP contribution is -2.39. The molecule has 0 bridgehead atoms. The minimum Gasteiger partial charge on any atom is -0.492 e. The second kappa shape index (κ2) is 11.7. The third kappa shape index (κ3) is 5.87. The quantitative estimate of drug-likeness (QED) is 0.396. The lowest BCUT2D eigenvalue weighted by Gasteiger charge is -2.27. The Balaban J connectivity index is 1.61. The van der Waals surface area contributed by atoms with Gasteiger partial charge in [-0.25, -0.2) is 17.7 Å². The second-order valence-corrected chi connectivity index (χ2v) is 11.8. The molecule has 2 heterocycles. The zero-order chi connectivity index (χ0) is 25.7. The van der Waals surface area contributed by atoms with Crippen molar-refractivity contribution >= 4 is 42.6 Å². The lowest BCUT2D eigenvalue weighted by atomic mass is 10.2. The van der Waals surface area contributed by atoms with E-state index in [1.165, 1.54) is 37.6 Å². The molecule has 194 valence electrons. The van der Waals surface area contributed by atoms with Crippen molar-refractivity contribution in [2.45, 2.75) is 18.2 Å². The number of carbonyl (C=O) groups is 1. The third-order valence-corrected chi connectivity index (χ3v) is 8.86. The van der Waals surface area contributed by atoms with Crippen LogP contribution >= 0.6 is 11.3 Å². The first kappa shape index (κ1) is 26.5. The predicted octanol–water partition coefficient (Wildman–Crippen LogP) is 3.31. The van der Waals surface area contributed by atoms with Gasteiger partial charge in [0.2, 0.25) is 10.0 Å². The standard InChI is InChI=1S/C25H32N4O5S2/c1-4-34-21-7-5-8-22-23(21)26-25(35-22)29(14-6-13-28-15-17-33-18-16-28)24(30)19-9-11-20(12-10-19)36(31,32)27(2)3/h5,7-12H,4,6,13-18H2,1-3H3. The van der Waals surface area contributed by atoms with Crippen molar-refractivity contribution < 1.29 is 22.7 Å². The van der Waals surface area contributed by atoms with Crippen LogP contribution in [0.4, 0.5) is 5.13 Å². The molecule has 1 fully saturated rings. The fourth-order valence-electron chi connectivity index (χ4n) is 4.00. The number of hydrogen-bond acceptors (Lipinski definition) is 8. The van der Waals surface area contributed by atoms with Crippen LogP contribution in [0.25, 0.3) is 10.2 Å². The van der Waals surface area contributed by atoms with Crippen LogP contribution < -0.4 is 9.64 Å². The van der Waals surface area contributed by atoms with E-state index in [0.717, 1.165) is 53.8 Å². The number of anilines is 1. The molecule has 2 aromatic carbocycles. The summed E-state index contributed by atoms with van der Waals surface area (Å²) >= 11 is 1.44. The molecular weight excluding hydrogens is 500 g/mol. The summed E-state index contributed by atoms with van der Waals surface area (Å²) < 4.78 is 38.2. The van der Waals surface area contributed by atoms with Gasteiger partial charge in [0.15, 0.2) is 5.13 Å². The summed E-state index contributed by atoms with van der Waals surface area (Å²) in [6.07, 6.45) is 0.771. The Hall–Kier alpha value is -2.57. The largest absolute Gasteiger partial charge is 0.492 e. The van der Waals surface area contributed by atoms with Gasteiger partial charge in [-0.1, -0.05) is 17.4 Å². The maximum atomic E-state index is 13.7. The van der Waals surface area contributed by atoms with Gasteiger partial charge in [0.1, 0.15) is 11.3 Å². The highest BCUT2D eigenvalue weighted by molar-refractivity contribution is 7.89. The number of nitrogens with zero attached hydrogens (tertiary/aromatic N) is 4. The number of aromatic nitrogens is 1. The summed E-state index contributed by atoms with van der Waals surface area (Å²) in [5, 5.41) is 0.592.